The average Bonchev–Trinajstić information content (AvgIpc) is 2.78. The van der Waals surface area contributed by atoms with Crippen LogP contribution in [0.2, 0.25) is 0 Å². The number of nitrogens with one attached hydrogen (secondary N) is 2. The number of rotatable bonds is 2. The highest BCUT2D eigenvalue weighted by Gasteiger charge is 2.39. The molecular weight excluding hydrogens is 366 g/mol. The standard InChI is InChI=1S/C23H25N3O3/c1-13-8-17-18(9-14(13)2)25-22(15-6-5-7-16(10-15)26(28)29)21-19(24-17)11-23(3,4)12-20(21)27/h5-10,22,24-25H,11-12H2,1-4H3/t22-/m1/s1. The van der Waals surface area contributed by atoms with Crippen molar-refractivity contribution in [3.8, 4) is 0 Å². The molecule has 2 aromatic rings. The molecule has 1 atom stereocenters. The first-order chi connectivity index (χ1) is 13.6. The summed E-state index contributed by atoms with van der Waals surface area (Å²) in [6, 6.07) is 10.3. The third-order valence-electron chi connectivity index (χ3n) is 5.84. The van der Waals surface area contributed by atoms with Gasteiger partial charge in [-0.05, 0) is 54.5 Å². The highest BCUT2D eigenvalue weighted by molar-refractivity contribution is 6.01. The Kier molecular flexibility index (Phi) is 4.45. The van der Waals surface area contributed by atoms with E-state index in [1.165, 1.54) is 6.07 Å². The number of anilines is 2. The van der Waals surface area contributed by atoms with E-state index in [4.69, 9.17) is 0 Å². The molecule has 1 aliphatic heterocycles. The van der Waals surface area contributed by atoms with Crippen LogP contribution in [0.15, 0.2) is 47.7 Å². The molecule has 0 aromatic heterocycles. The first-order valence-electron chi connectivity index (χ1n) is 9.80. The lowest BCUT2D eigenvalue weighted by Gasteiger charge is -2.34. The molecule has 150 valence electrons. The molecule has 0 saturated heterocycles. The molecule has 29 heavy (non-hydrogen) atoms. The van der Waals surface area contributed by atoms with Crippen LogP contribution in [0.5, 0.6) is 0 Å². The quantitative estimate of drug-likeness (QED) is 0.526. The molecule has 2 N–H and O–H groups in total. The largest absolute Gasteiger partial charge is 0.372 e. The molecule has 6 heteroatoms. The Hall–Kier alpha value is -3.15. The van der Waals surface area contributed by atoms with E-state index in [-0.39, 0.29) is 16.9 Å². The highest BCUT2D eigenvalue weighted by atomic mass is 16.6. The van der Waals surface area contributed by atoms with Crippen LogP contribution >= 0.6 is 0 Å². The number of hydrogen-bond acceptors (Lipinski definition) is 5. The second kappa shape index (κ2) is 6.72. The fourth-order valence-corrected chi connectivity index (χ4v) is 4.28. The van der Waals surface area contributed by atoms with Crippen LogP contribution in [0, 0.1) is 29.4 Å². The number of allylic oxidation sites excluding steroid dienone is 1. The number of non-ortho nitro benzene ring substituents is 1. The summed E-state index contributed by atoms with van der Waals surface area (Å²) < 4.78 is 0. The van der Waals surface area contributed by atoms with Crippen molar-refractivity contribution in [2.75, 3.05) is 10.6 Å². The van der Waals surface area contributed by atoms with Gasteiger partial charge in [0.05, 0.1) is 22.3 Å². The molecule has 0 saturated carbocycles. The van der Waals surface area contributed by atoms with Crippen molar-refractivity contribution in [3.63, 3.8) is 0 Å². The molecule has 0 unspecified atom stereocenters. The molecule has 0 spiro atoms. The summed E-state index contributed by atoms with van der Waals surface area (Å²) in [7, 11) is 0. The van der Waals surface area contributed by atoms with Crippen molar-refractivity contribution in [3.05, 3.63) is 74.5 Å². The lowest BCUT2D eigenvalue weighted by molar-refractivity contribution is -0.384. The van der Waals surface area contributed by atoms with Gasteiger partial charge in [-0.3, -0.25) is 14.9 Å². The number of benzene rings is 2. The predicted molar refractivity (Wildman–Crippen MR) is 114 cm³/mol. The maximum atomic E-state index is 13.2. The first kappa shape index (κ1) is 19.2. The van der Waals surface area contributed by atoms with E-state index < -0.39 is 11.0 Å². The number of nitrogens with zero attached hydrogens (tertiary/aromatic N) is 1. The normalized spacial score (nSPS) is 20.1. The minimum Gasteiger partial charge on any atom is -0.372 e. The number of aryl methyl sites for hydroxylation is 2. The van der Waals surface area contributed by atoms with Crippen molar-refractivity contribution >= 4 is 22.8 Å². The number of Topliss-reactive ketones (excluding diaryl/α,β-unsaturated/α-hetero) is 1. The fourth-order valence-electron chi connectivity index (χ4n) is 4.28. The van der Waals surface area contributed by atoms with Gasteiger partial charge in [0.1, 0.15) is 0 Å². The van der Waals surface area contributed by atoms with Gasteiger partial charge in [0.2, 0.25) is 0 Å². The zero-order valence-corrected chi connectivity index (χ0v) is 17.1. The summed E-state index contributed by atoms with van der Waals surface area (Å²) in [6.45, 7) is 8.30. The van der Waals surface area contributed by atoms with E-state index in [1.54, 1.807) is 12.1 Å². The Morgan fingerprint density at radius 2 is 1.76 bits per heavy atom. The average molecular weight is 391 g/mol. The number of carbonyl (C=O) groups excluding carboxylic acids is 1. The summed E-state index contributed by atoms with van der Waals surface area (Å²) in [5.41, 5.74) is 6.30. The minimum atomic E-state index is -0.440. The van der Waals surface area contributed by atoms with Gasteiger partial charge in [0.15, 0.2) is 5.78 Å². The first-order valence-corrected chi connectivity index (χ1v) is 9.80. The Bertz CT molecular complexity index is 1070. The molecule has 4 rings (SSSR count). The smallest absolute Gasteiger partial charge is 0.269 e. The van der Waals surface area contributed by atoms with Gasteiger partial charge >= 0.3 is 0 Å². The van der Waals surface area contributed by atoms with E-state index in [0.29, 0.717) is 17.6 Å². The SMILES string of the molecule is Cc1cc2c(cc1C)N[C@H](c1cccc([N+](=O)[O-])c1)C1=C(CC(C)(C)CC1=O)N2. The zero-order chi connectivity index (χ0) is 20.9. The summed E-state index contributed by atoms with van der Waals surface area (Å²) in [6.07, 6.45) is 1.20. The van der Waals surface area contributed by atoms with E-state index in [1.807, 2.05) is 13.0 Å². The van der Waals surface area contributed by atoms with E-state index in [0.717, 1.165) is 34.6 Å². The van der Waals surface area contributed by atoms with Crippen LogP contribution in [-0.2, 0) is 4.79 Å². The molecule has 0 fully saturated rings. The second-order valence-electron chi connectivity index (χ2n) is 8.87. The van der Waals surface area contributed by atoms with Crippen LogP contribution in [-0.4, -0.2) is 10.7 Å². The topological polar surface area (TPSA) is 84.3 Å². The van der Waals surface area contributed by atoms with Gasteiger partial charge < -0.3 is 10.6 Å². The Morgan fingerprint density at radius 1 is 1.07 bits per heavy atom. The van der Waals surface area contributed by atoms with E-state index in [2.05, 4.69) is 43.5 Å². The third-order valence-corrected chi connectivity index (χ3v) is 5.84. The molecule has 0 amide bonds. The lowest BCUT2D eigenvalue weighted by Crippen LogP contribution is -2.31. The number of fused-ring (bicyclic) bond motifs is 1. The third kappa shape index (κ3) is 3.50. The molecule has 6 nitrogen and oxygen atoms in total. The summed E-state index contributed by atoms with van der Waals surface area (Å²) in [5.74, 6) is 0.0778. The molecule has 0 bridgehead atoms. The van der Waals surface area contributed by atoms with Crippen molar-refractivity contribution in [2.45, 2.75) is 46.6 Å². The summed E-state index contributed by atoms with van der Waals surface area (Å²) >= 11 is 0. The minimum absolute atomic E-state index is 0.0209. The molecule has 2 aliphatic rings. The van der Waals surface area contributed by atoms with Crippen molar-refractivity contribution in [1.29, 1.82) is 0 Å². The monoisotopic (exact) mass is 391 g/mol. The molecule has 2 aromatic carbocycles. The number of hydrogen-bond donors (Lipinski definition) is 2. The molecule has 1 heterocycles. The zero-order valence-electron chi connectivity index (χ0n) is 17.1. The molecule has 1 aliphatic carbocycles. The van der Waals surface area contributed by atoms with E-state index >= 15 is 0 Å². The maximum Gasteiger partial charge on any atom is 0.269 e. The van der Waals surface area contributed by atoms with Gasteiger partial charge in [0, 0.05) is 29.8 Å². The van der Waals surface area contributed by atoms with Crippen LogP contribution in [0.3, 0.4) is 0 Å². The number of nitro groups is 1. The van der Waals surface area contributed by atoms with Crippen molar-refractivity contribution < 1.29 is 9.72 Å². The van der Waals surface area contributed by atoms with Crippen LogP contribution in [0.4, 0.5) is 17.1 Å². The Morgan fingerprint density at radius 3 is 2.45 bits per heavy atom. The number of nitro benzene ring substituents is 1. The van der Waals surface area contributed by atoms with Gasteiger partial charge in [-0.25, -0.2) is 0 Å². The van der Waals surface area contributed by atoms with Crippen LogP contribution < -0.4 is 10.6 Å². The Labute approximate surface area is 170 Å². The van der Waals surface area contributed by atoms with Crippen LogP contribution in [0.1, 0.15) is 49.4 Å². The summed E-state index contributed by atoms with van der Waals surface area (Å²) in [4.78, 5) is 24.1. The van der Waals surface area contributed by atoms with Crippen molar-refractivity contribution in [1.82, 2.24) is 0 Å². The lowest BCUT2D eigenvalue weighted by atomic mass is 9.73. The number of ketones is 1. The maximum absolute atomic E-state index is 13.2. The van der Waals surface area contributed by atoms with Gasteiger partial charge in [-0.15, -0.1) is 0 Å². The van der Waals surface area contributed by atoms with Gasteiger partial charge in [0.25, 0.3) is 5.69 Å². The van der Waals surface area contributed by atoms with Crippen LogP contribution in [0.25, 0.3) is 0 Å². The van der Waals surface area contributed by atoms with E-state index in [9.17, 15) is 14.9 Å². The fraction of sp³-hybridized carbons (Fsp3) is 0.348. The Balaban J connectivity index is 1.91. The highest BCUT2D eigenvalue weighted by Crippen LogP contribution is 2.46. The second-order valence-corrected chi connectivity index (χ2v) is 8.87. The molecular formula is C23H25N3O3. The van der Waals surface area contributed by atoms with Gasteiger partial charge in [-0.2, -0.15) is 0 Å². The van der Waals surface area contributed by atoms with Gasteiger partial charge in [-0.1, -0.05) is 26.0 Å². The molecule has 0 radical (unpaired) electrons. The van der Waals surface area contributed by atoms with Crippen molar-refractivity contribution in [2.24, 2.45) is 5.41 Å². The predicted octanol–water partition coefficient (Wildman–Crippen LogP) is 5.43. The summed E-state index contributed by atoms with van der Waals surface area (Å²) in [5, 5.41) is 18.3. The number of carbonyl (C=O) groups is 1.